The monoisotopic (exact) mass is 407 g/mol. The summed E-state index contributed by atoms with van der Waals surface area (Å²) in [6.45, 7) is 4.29. The van der Waals surface area contributed by atoms with E-state index in [9.17, 15) is 0 Å². The highest BCUT2D eigenvalue weighted by Gasteiger charge is 2.21. The van der Waals surface area contributed by atoms with Crippen LogP contribution in [0.5, 0.6) is 0 Å². The number of nitrogens with one attached hydrogen (secondary N) is 2. The van der Waals surface area contributed by atoms with E-state index in [4.69, 9.17) is 0 Å². The molecule has 1 aliphatic rings. The van der Waals surface area contributed by atoms with Gasteiger partial charge < -0.3 is 10.6 Å². The first-order valence-corrected chi connectivity index (χ1v) is 8.14. The molecule has 1 saturated carbocycles. The average Bonchev–Trinajstić information content (AvgIpc) is 2.94. The minimum atomic E-state index is 0. The number of nitrogens with zero attached hydrogens (tertiary/aromatic N) is 1. The molecule has 1 aromatic rings. The van der Waals surface area contributed by atoms with Crippen LogP contribution in [-0.2, 0) is 6.54 Å². The molecule has 1 aromatic heterocycles. The third-order valence-electron chi connectivity index (χ3n) is 4.05. The fourth-order valence-electron chi connectivity index (χ4n) is 2.73. The molecule has 1 fully saturated rings. The highest BCUT2D eigenvalue weighted by atomic mass is 127. The van der Waals surface area contributed by atoms with E-state index in [0.29, 0.717) is 0 Å². The molecule has 20 heavy (non-hydrogen) atoms. The minimum Gasteiger partial charge on any atom is -0.356 e. The topological polar surface area (TPSA) is 36.4 Å². The van der Waals surface area contributed by atoms with Crippen molar-refractivity contribution >= 4 is 41.3 Å². The Labute approximate surface area is 143 Å². The van der Waals surface area contributed by atoms with Crippen LogP contribution >= 0.6 is 35.3 Å². The first kappa shape index (κ1) is 17.8. The standard InChI is InChI=1S/C15H25N3S.HI/c1-12-6-3-4-7-13(12)10-17-15(16-2)18-11-14-8-5-9-19-14;/h5,8-9,12-13H,3-4,6-7,10-11H2,1-2H3,(H2,16,17,18);1H. The van der Waals surface area contributed by atoms with Crippen molar-refractivity contribution in [1.82, 2.24) is 10.6 Å². The average molecular weight is 407 g/mol. The summed E-state index contributed by atoms with van der Waals surface area (Å²) in [6, 6.07) is 4.23. The highest BCUT2D eigenvalue weighted by Crippen LogP contribution is 2.28. The smallest absolute Gasteiger partial charge is 0.191 e. The Bertz CT molecular complexity index is 392. The van der Waals surface area contributed by atoms with Gasteiger partial charge in [0.05, 0.1) is 6.54 Å². The Morgan fingerprint density at radius 2 is 2.15 bits per heavy atom. The predicted octanol–water partition coefficient (Wildman–Crippen LogP) is 3.86. The van der Waals surface area contributed by atoms with Crippen molar-refractivity contribution in [3.63, 3.8) is 0 Å². The van der Waals surface area contributed by atoms with Gasteiger partial charge in [0.1, 0.15) is 0 Å². The van der Waals surface area contributed by atoms with Crippen molar-refractivity contribution in [2.24, 2.45) is 16.8 Å². The molecule has 0 aromatic carbocycles. The van der Waals surface area contributed by atoms with E-state index in [-0.39, 0.29) is 24.0 Å². The predicted molar refractivity (Wildman–Crippen MR) is 99.1 cm³/mol. The molecule has 0 amide bonds. The lowest BCUT2D eigenvalue weighted by Crippen LogP contribution is -2.40. The number of halogens is 1. The van der Waals surface area contributed by atoms with Crippen LogP contribution in [0.4, 0.5) is 0 Å². The zero-order valence-corrected chi connectivity index (χ0v) is 15.5. The molecule has 1 aliphatic carbocycles. The van der Waals surface area contributed by atoms with E-state index in [2.05, 4.69) is 40.1 Å². The molecule has 2 atom stereocenters. The second-order valence-electron chi connectivity index (χ2n) is 5.41. The Hall–Kier alpha value is -0.300. The summed E-state index contributed by atoms with van der Waals surface area (Å²) in [6.07, 6.45) is 5.53. The first-order valence-electron chi connectivity index (χ1n) is 7.26. The van der Waals surface area contributed by atoms with Gasteiger partial charge in [0.15, 0.2) is 5.96 Å². The highest BCUT2D eigenvalue weighted by molar-refractivity contribution is 14.0. The van der Waals surface area contributed by atoms with E-state index >= 15 is 0 Å². The molecule has 0 bridgehead atoms. The molecule has 114 valence electrons. The first-order chi connectivity index (χ1) is 9.29. The Kier molecular flexibility index (Phi) is 8.52. The van der Waals surface area contributed by atoms with Crippen molar-refractivity contribution in [3.05, 3.63) is 22.4 Å². The summed E-state index contributed by atoms with van der Waals surface area (Å²) in [5.74, 6) is 2.57. The van der Waals surface area contributed by atoms with Gasteiger partial charge in [-0.3, -0.25) is 4.99 Å². The number of guanidine groups is 1. The maximum Gasteiger partial charge on any atom is 0.191 e. The molecule has 0 radical (unpaired) electrons. The zero-order chi connectivity index (χ0) is 13.5. The van der Waals surface area contributed by atoms with Gasteiger partial charge in [0.2, 0.25) is 0 Å². The van der Waals surface area contributed by atoms with Crippen LogP contribution in [0.25, 0.3) is 0 Å². The normalized spacial score (nSPS) is 23.0. The second-order valence-corrected chi connectivity index (χ2v) is 6.44. The molecule has 0 aliphatic heterocycles. The fourth-order valence-corrected chi connectivity index (χ4v) is 3.37. The maximum atomic E-state index is 4.30. The minimum absolute atomic E-state index is 0. The number of hydrogen-bond donors (Lipinski definition) is 2. The van der Waals surface area contributed by atoms with E-state index in [0.717, 1.165) is 30.9 Å². The molecule has 0 spiro atoms. The summed E-state index contributed by atoms with van der Waals surface area (Å²) >= 11 is 1.78. The van der Waals surface area contributed by atoms with Crippen LogP contribution in [0.2, 0.25) is 0 Å². The van der Waals surface area contributed by atoms with E-state index in [1.54, 1.807) is 11.3 Å². The molecule has 1 heterocycles. The van der Waals surface area contributed by atoms with Crippen molar-refractivity contribution in [3.8, 4) is 0 Å². The third-order valence-corrected chi connectivity index (χ3v) is 4.93. The van der Waals surface area contributed by atoms with Gasteiger partial charge in [-0.25, -0.2) is 0 Å². The Balaban J connectivity index is 0.00000200. The molecule has 2 rings (SSSR count). The second kappa shape index (κ2) is 9.60. The van der Waals surface area contributed by atoms with Crippen molar-refractivity contribution in [2.45, 2.75) is 39.2 Å². The van der Waals surface area contributed by atoms with E-state index < -0.39 is 0 Å². The molecular formula is C15H26IN3S. The summed E-state index contributed by atoms with van der Waals surface area (Å²) < 4.78 is 0. The summed E-state index contributed by atoms with van der Waals surface area (Å²) in [5.41, 5.74) is 0. The molecule has 3 nitrogen and oxygen atoms in total. The van der Waals surface area contributed by atoms with Gasteiger partial charge in [0.25, 0.3) is 0 Å². The quantitative estimate of drug-likeness (QED) is 0.452. The number of thiophene rings is 1. The molecule has 2 unspecified atom stereocenters. The molecular weight excluding hydrogens is 381 g/mol. The van der Waals surface area contributed by atoms with Crippen LogP contribution in [-0.4, -0.2) is 19.6 Å². The third kappa shape index (κ3) is 5.60. The number of hydrogen-bond acceptors (Lipinski definition) is 2. The van der Waals surface area contributed by atoms with Gasteiger partial charge in [-0.2, -0.15) is 0 Å². The lowest BCUT2D eigenvalue weighted by atomic mass is 9.80. The summed E-state index contributed by atoms with van der Waals surface area (Å²) in [4.78, 5) is 5.64. The van der Waals surface area contributed by atoms with Crippen LogP contribution in [0.3, 0.4) is 0 Å². The summed E-state index contributed by atoms with van der Waals surface area (Å²) in [7, 11) is 1.84. The van der Waals surface area contributed by atoms with Gasteiger partial charge in [-0.15, -0.1) is 35.3 Å². The number of rotatable bonds is 4. The Morgan fingerprint density at radius 3 is 2.80 bits per heavy atom. The van der Waals surface area contributed by atoms with Gasteiger partial charge in [0, 0.05) is 18.5 Å². The lowest BCUT2D eigenvalue weighted by molar-refractivity contribution is 0.256. The molecule has 2 N–H and O–H groups in total. The SMILES string of the molecule is CN=C(NCc1cccs1)NCC1CCCCC1C.I. The van der Waals surface area contributed by atoms with Crippen molar-refractivity contribution in [1.29, 1.82) is 0 Å². The Morgan fingerprint density at radius 1 is 1.35 bits per heavy atom. The van der Waals surface area contributed by atoms with Gasteiger partial charge in [-0.1, -0.05) is 32.3 Å². The lowest BCUT2D eigenvalue weighted by Gasteiger charge is -2.29. The largest absolute Gasteiger partial charge is 0.356 e. The van der Waals surface area contributed by atoms with Crippen LogP contribution < -0.4 is 10.6 Å². The number of aliphatic imine (C=N–C) groups is 1. The van der Waals surface area contributed by atoms with Crippen LogP contribution in [0, 0.1) is 11.8 Å². The summed E-state index contributed by atoms with van der Waals surface area (Å²) in [5, 5.41) is 8.96. The fraction of sp³-hybridized carbons (Fsp3) is 0.667. The van der Waals surface area contributed by atoms with E-state index in [1.807, 2.05) is 7.05 Å². The van der Waals surface area contributed by atoms with Crippen LogP contribution in [0.1, 0.15) is 37.5 Å². The van der Waals surface area contributed by atoms with Gasteiger partial charge in [-0.05, 0) is 29.7 Å². The van der Waals surface area contributed by atoms with Gasteiger partial charge >= 0.3 is 0 Å². The molecule has 0 saturated heterocycles. The van der Waals surface area contributed by atoms with E-state index in [1.165, 1.54) is 30.6 Å². The zero-order valence-electron chi connectivity index (χ0n) is 12.4. The maximum absolute atomic E-state index is 4.30. The van der Waals surface area contributed by atoms with Crippen molar-refractivity contribution in [2.75, 3.05) is 13.6 Å². The molecule has 5 heteroatoms. The van der Waals surface area contributed by atoms with Crippen LogP contribution in [0.15, 0.2) is 22.5 Å². The van der Waals surface area contributed by atoms with Crippen molar-refractivity contribution < 1.29 is 0 Å².